The SMILES string of the molecule is CCc1cccc(NC(=O)c2cc(Oc3cncc(F)c3)cn(C=N)c2=N)n1.COc1cccc(NC(=O)c2cc(Oc3cncc(F)c3)cn3cnnc23)n1.[HH].[HH]. The first-order valence-electron chi connectivity index (χ1n) is 16.4. The first kappa shape index (κ1) is 37.8. The molecule has 19 heteroatoms. The molecule has 7 aromatic rings. The summed E-state index contributed by atoms with van der Waals surface area (Å²) in [5, 5.41) is 28.7. The third-order valence-electron chi connectivity index (χ3n) is 7.48. The standard InChI is InChI=1S/C19H17FN6O2.C18H13FN6O3.2H2/c1-2-13-4-3-5-17(24-13)25-19(27)16-7-15(10-26(11-21)18(16)22)28-14-6-12(20)8-23-9-14;1-27-16-4-2-3-15(22-16)23-18(26)14-6-13(9-25-10-21-24-17(14)25)28-12-5-11(19)7-20-8-12;;/h3-11,21-22H,2H2,1H3,(H,24,25,27);2-10H,1H3,(H,22,23,26);2*1H. The van der Waals surface area contributed by atoms with Gasteiger partial charge in [-0.05, 0) is 36.8 Å². The Morgan fingerprint density at radius 2 is 1.43 bits per heavy atom. The molecule has 2 amide bonds. The second kappa shape index (κ2) is 17.2. The van der Waals surface area contributed by atoms with Crippen molar-refractivity contribution in [1.29, 1.82) is 10.8 Å². The number of pyridine rings is 6. The molecule has 56 heavy (non-hydrogen) atoms. The van der Waals surface area contributed by atoms with Crippen molar-refractivity contribution in [3.8, 4) is 28.9 Å². The third kappa shape index (κ3) is 9.33. The lowest BCUT2D eigenvalue weighted by molar-refractivity contribution is 0.101. The normalized spacial score (nSPS) is 10.5. The van der Waals surface area contributed by atoms with Gasteiger partial charge in [0.05, 0.1) is 61.8 Å². The first-order chi connectivity index (χ1) is 27.1. The molecule has 0 aliphatic heterocycles. The van der Waals surface area contributed by atoms with Gasteiger partial charge in [-0.25, -0.2) is 13.8 Å². The number of methoxy groups -OCH3 is 1. The van der Waals surface area contributed by atoms with Gasteiger partial charge in [0.15, 0.2) is 5.65 Å². The summed E-state index contributed by atoms with van der Waals surface area (Å²) in [6.45, 7) is 1.95. The average Bonchev–Trinajstić information content (AvgIpc) is 3.67. The number of rotatable bonds is 11. The number of fused-ring (bicyclic) bond motifs is 1. The Labute approximate surface area is 318 Å². The highest BCUT2D eigenvalue weighted by molar-refractivity contribution is 6.08. The Kier molecular flexibility index (Phi) is 11.6. The van der Waals surface area contributed by atoms with Crippen molar-refractivity contribution in [1.82, 2.24) is 39.1 Å². The van der Waals surface area contributed by atoms with Crippen molar-refractivity contribution in [3.05, 3.63) is 138 Å². The highest BCUT2D eigenvalue weighted by Crippen LogP contribution is 2.25. The number of halogens is 2. The maximum atomic E-state index is 13.3. The number of carbonyl (C=O) groups excluding carboxylic acids is 2. The maximum absolute atomic E-state index is 13.3. The Morgan fingerprint density at radius 3 is 2.05 bits per heavy atom. The molecule has 0 aliphatic carbocycles. The van der Waals surface area contributed by atoms with Crippen molar-refractivity contribution in [2.45, 2.75) is 13.3 Å². The van der Waals surface area contributed by atoms with Crippen LogP contribution in [0.15, 0.2) is 104 Å². The Balaban J connectivity index is 0.000000248. The van der Waals surface area contributed by atoms with Crippen molar-refractivity contribution in [3.63, 3.8) is 0 Å². The fourth-order valence-electron chi connectivity index (χ4n) is 4.93. The minimum atomic E-state index is -0.579. The number of nitrogens with zero attached hydrogens (tertiary/aromatic N) is 8. The van der Waals surface area contributed by atoms with Gasteiger partial charge >= 0.3 is 0 Å². The number of anilines is 2. The Morgan fingerprint density at radius 1 is 0.821 bits per heavy atom. The smallest absolute Gasteiger partial charge is 0.260 e. The van der Waals surface area contributed by atoms with Crippen molar-refractivity contribution in [2.75, 3.05) is 17.7 Å². The van der Waals surface area contributed by atoms with Crippen LogP contribution in [-0.2, 0) is 6.42 Å². The molecule has 0 atom stereocenters. The molecule has 0 aromatic carbocycles. The number of carbonyl (C=O) groups is 2. The van der Waals surface area contributed by atoms with Crippen LogP contribution in [0.2, 0.25) is 0 Å². The highest BCUT2D eigenvalue weighted by Gasteiger charge is 2.17. The lowest BCUT2D eigenvalue weighted by Gasteiger charge is -2.11. The summed E-state index contributed by atoms with van der Waals surface area (Å²) in [7, 11) is 1.48. The molecule has 0 unspecified atom stereocenters. The molecule has 17 nitrogen and oxygen atoms in total. The summed E-state index contributed by atoms with van der Waals surface area (Å²) in [5.74, 6) is -0.401. The third-order valence-corrected chi connectivity index (χ3v) is 7.48. The van der Waals surface area contributed by atoms with Gasteiger partial charge in [-0.15, -0.1) is 10.2 Å². The zero-order valence-corrected chi connectivity index (χ0v) is 29.5. The summed E-state index contributed by atoms with van der Waals surface area (Å²) in [5.41, 5.74) is 1.10. The van der Waals surface area contributed by atoms with Gasteiger partial charge in [0.2, 0.25) is 5.88 Å². The number of ether oxygens (including phenoxy) is 3. The van der Waals surface area contributed by atoms with Crippen LogP contribution in [0.5, 0.6) is 28.9 Å². The quantitative estimate of drug-likeness (QED) is 0.0863. The number of amides is 2. The van der Waals surface area contributed by atoms with E-state index in [4.69, 9.17) is 25.0 Å². The van der Waals surface area contributed by atoms with E-state index in [9.17, 15) is 18.4 Å². The first-order valence-corrected chi connectivity index (χ1v) is 16.4. The number of hydrogen-bond donors (Lipinski definition) is 4. The fourth-order valence-corrected chi connectivity index (χ4v) is 4.93. The fraction of sp³-hybridized carbons (Fsp3) is 0.0811. The molecule has 0 spiro atoms. The molecule has 0 bridgehead atoms. The molecule has 7 heterocycles. The summed E-state index contributed by atoms with van der Waals surface area (Å²) in [6.07, 6.45) is 10.7. The highest BCUT2D eigenvalue weighted by atomic mass is 19.1. The van der Waals surface area contributed by atoms with E-state index in [2.05, 4.69) is 40.8 Å². The predicted molar refractivity (Wildman–Crippen MR) is 201 cm³/mol. The van der Waals surface area contributed by atoms with Gasteiger partial charge in [-0.1, -0.05) is 19.1 Å². The Bertz CT molecular complexity index is 2630. The molecule has 7 rings (SSSR count). The number of aryl methyl sites for hydroxylation is 1. The molecular weight excluding hydrogens is 730 g/mol. The minimum absolute atomic E-state index is 0. The van der Waals surface area contributed by atoms with Gasteiger partial charge < -0.3 is 24.8 Å². The molecule has 0 fully saturated rings. The van der Waals surface area contributed by atoms with E-state index in [0.717, 1.165) is 35.1 Å². The molecular formula is C37H34F2N12O5. The van der Waals surface area contributed by atoms with Crippen molar-refractivity contribution in [2.24, 2.45) is 0 Å². The van der Waals surface area contributed by atoms with Crippen molar-refractivity contribution < 1.29 is 35.4 Å². The molecule has 0 saturated heterocycles. The van der Waals surface area contributed by atoms with Gasteiger partial charge in [0.25, 0.3) is 11.8 Å². The van der Waals surface area contributed by atoms with Gasteiger partial charge in [-0.2, -0.15) is 4.98 Å². The van der Waals surface area contributed by atoms with Crippen molar-refractivity contribution >= 4 is 35.4 Å². The van der Waals surface area contributed by atoms with E-state index in [1.54, 1.807) is 36.5 Å². The number of hydrogen-bond acceptors (Lipinski definition) is 13. The number of nitrogens with one attached hydrogen (secondary N) is 4. The summed E-state index contributed by atoms with van der Waals surface area (Å²) < 4.78 is 45.5. The van der Waals surface area contributed by atoms with E-state index < -0.39 is 23.4 Å². The van der Waals surface area contributed by atoms with Crippen LogP contribution in [0.1, 0.15) is 36.2 Å². The zero-order chi connectivity index (χ0) is 39.6. The topological polar surface area (TPSA) is 220 Å². The largest absolute Gasteiger partial charge is 0.481 e. The summed E-state index contributed by atoms with van der Waals surface area (Å²) in [6, 6.07) is 15.4. The van der Waals surface area contributed by atoms with E-state index in [1.165, 1.54) is 54.6 Å². The summed E-state index contributed by atoms with van der Waals surface area (Å²) in [4.78, 5) is 41.3. The van der Waals surface area contributed by atoms with Gasteiger partial charge in [0.1, 0.15) is 58.1 Å². The van der Waals surface area contributed by atoms with E-state index in [-0.39, 0.29) is 42.5 Å². The van der Waals surface area contributed by atoms with Crippen LogP contribution < -0.4 is 30.3 Å². The molecule has 286 valence electrons. The molecule has 0 saturated carbocycles. The van der Waals surface area contributed by atoms with E-state index >= 15 is 0 Å². The molecule has 7 aromatic heterocycles. The minimum Gasteiger partial charge on any atom is -0.481 e. The average molecular weight is 765 g/mol. The van der Waals surface area contributed by atoms with Gasteiger partial charge in [-0.3, -0.25) is 39.3 Å². The second-order valence-electron chi connectivity index (χ2n) is 11.3. The zero-order valence-electron chi connectivity index (χ0n) is 29.5. The lowest BCUT2D eigenvalue weighted by atomic mass is 10.2. The van der Waals surface area contributed by atoms with Crippen LogP contribution in [0.4, 0.5) is 20.4 Å². The lowest BCUT2D eigenvalue weighted by Crippen LogP contribution is -2.29. The monoisotopic (exact) mass is 764 g/mol. The number of aromatic nitrogens is 8. The predicted octanol–water partition coefficient (Wildman–Crippen LogP) is 6.16. The van der Waals surface area contributed by atoms with Crippen LogP contribution in [0, 0.1) is 22.5 Å². The molecule has 0 radical (unpaired) electrons. The second-order valence-corrected chi connectivity index (χ2v) is 11.3. The summed E-state index contributed by atoms with van der Waals surface area (Å²) >= 11 is 0. The van der Waals surface area contributed by atoms with Gasteiger partial charge in [0, 0.05) is 26.7 Å². The van der Waals surface area contributed by atoms with Crippen LogP contribution in [-0.4, -0.2) is 64.4 Å². The Hall–Kier alpha value is -7.96. The van der Waals surface area contributed by atoms with Crippen LogP contribution >= 0.6 is 0 Å². The molecule has 0 aliphatic rings. The van der Waals surface area contributed by atoms with E-state index in [0.29, 0.717) is 29.6 Å². The maximum Gasteiger partial charge on any atom is 0.260 e. The molecule has 4 N–H and O–H groups in total. The van der Waals surface area contributed by atoms with Crippen LogP contribution in [0.3, 0.4) is 0 Å². The van der Waals surface area contributed by atoms with Crippen LogP contribution in [0.25, 0.3) is 5.65 Å². The van der Waals surface area contributed by atoms with E-state index in [1.807, 2.05) is 13.0 Å².